The van der Waals surface area contributed by atoms with Crippen LogP contribution in [-0.2, 0) is 16.8 Å². The van der Waals surface area contributed by atoms with E-state index in [1.807, 2.05) is 60.7 Å². The van der Waals surface area contributed by atoms with E-state index in [1.54, 1.807) is 0 Å². The molecule has 136 valence electrons. The Morgan fingerprint density at radius 3 is 2.07 bits per heavy atom. The minimum atomic E-state index is -0.601. The largest absolute Gasteiger partial charge is 0.492 e. The van der Waals surface area contributed by atoms with Crippen LogP contribution < -0.4 is 10.1 Å². The van der Waals surface area contributed by atoms with Gasteiger partial charge in [0.1, 0.15) is 12.4 Å². The quantitative estimate of drug-likeness (QED) is 0.755. The van der Waals surface area contributed by atoms with Gasteiger partial charge in [-0.15, -0.1) is 0 Å². The molecule has 1 aliphatic heterocycles. The van der Waals surface area contributed by atoms with Gasteiger partial charge >= 0.3 is 0 Å². The minimum absolute atomic E-state index is 0.0136. The van der Waals surface area contributed by atoms with Crippen molar-refractivity contribution in [3.63, 3.8) is 0 Å². The first-order chi connectivity index (χ1) is 13.2. The van der Waals surface area contributed by atoms with Crippen LogP contribution in [0.25, 0.3) is 0 Å². The summed E-state index contributed by atoms with van der Waals surface area (Å²) < 4.78 is 5.82. The van der Waals surface area contributed by atoms with Gasteiger partial charge in [-0.3, -0.25) is 4.79 Å². The summed E-state index contributed by atoms with van der Waals surface area (Å²) in [4.78, 5) is 13.2. The predicted octanol–water partition coefficient (Wildman–Crippen LogP) is 4.32. The van der Waals surface area contributed by atoms with Gasteiger partial charge in [0, 0.05) is 0 Å². The predicted molar refractivity (Wildman–Crippen MR) is 107 cm³/mol. The lowest BCUT2D eigenvalue weighted by Gasteiger charge is -2.34. The lowest BCUT2D eigenvalue weighted by Crippen LogP contribution is -2.48. The fourth-order valence-corrected chi connectivity index (χ4v) is 3.70. The fraction of sp³-hybridized carbons (Fsp3) is 0.208. The highest BCUT2D eigenvalue weighted by molar-refractivity contribution is 5.81. The molecule has 0 saturated carbocycles. The monoisotopic (exact) mass is 357 g/mol. The smallest absolute Gasteiger partial charge is 0.227 e. The molecule has 0 radical (unpaired) electrons. The Morgan fingerprint density at radius 1 is 0.889 bits per heavy atom. The molecule has 1 aliphatic rings. The highest BCUT2D eigenvalue weighted by Crippen LogP contribution is 2.31. The summed E-state index contributed by atoms with van der Waals surface area (Å²) in [6, 6.07) is 28.1. The number of nitrogens with one attached hydrogen (secondary N) is 1. The first-order valence-corrected chi connectivity index (χ1v) is 9.30. The van der Waals surface area contributed by atoms with Gasteiger partial charge in [-0.05, 0) is 36.1 Å². The number of rotatable bonds is 4. The van der Waals surface area contributed by atoms with Crippen molar-refractivity contribution in [2.24, 2.45) is 5.92 Å². The van der Waals surface area contributed by atoms with Crippen molar-refractivity contribution < 1.29 is 9.53 Å². The van der Waals surface area contributed by atoms with Crippen molar-refractivity contribution in [1.82, 2.24) is 5.32 Å². The molecule has 3 aromatic rings. The lowest BCUT2D eigenvalue weighted by atomic mass is 9.83. The average Bonchev–Trinajstić information content (AvgIpc) is 2.74. The van der Waals surface area contributed by atoms with Crippen LogP contribution in [0.2, 0.25) is 0 Å². The minimum Gasteiger partial charge on any atom is -0.492 e. The van der Waals surface area contributed by atoms with E-state index in [-0.39, 0.29) is 11.8 Å². The van der Waals surface area contributed by atoms with Crippen molar-refractivity contribution >= 4 is 5.91 Å². The summed E-state index contributed by atoms with van der Waals surface area (Å²) in [6.45, 7) is 2.47. The topological polar surface area (TPSA) is 38.3 Å². The molecular weight excluding hydrogens is 334 g/mol. The molecule has 3 nitrogen and oxygen atoms in total. The zero-order valence-electron chi connectivity index (χ0n) is 15.4. The van der Waals surface area contributed by atoms with Gasteiger partial charge in [0.2, 0.25) is 5.91 Å². The van der Waals surface area contributed by atoms with Gasteiger partial charge in [0.25, 0.3) is 0 Å². The highest BCUT2D eigenvalue weighted by atomic mass is 16.5. The molecule has 1 unspecified atom stereocenters. The highest BCUT2D eigenvalue weighted by Gasteiger charge is 2.34. The zero-order chi connectivity index (χ0) is 18.7. The van der Waals surface area contributed by atoms with E-state index in [2.05, 4.69) is 36.5 Å². The van der Waals surface area contributed by atoms with Crippen LogP contribution in [0.3, 0.4) is 0 Å². The van der Waals surface area contributed by atoms with Crippen LogP contribution in [-0.4, -0.2) is 12.5 Å². The number of para-hydroxylation sites is 1. The Labute approximate surface area is 160 Å². The molecule has 1 N–H and O–H groups in total. The second-order valence-electron chi connectivity index (χ2n) is 7.17. The van der Waals surface area contributed by atoms with Crippen molar-refractivity contribution in [2.45, 2.75) is 18.9 Å². The van der Waals surface area contributed by atoms with Crippen LogP contribution in [0.4, 0.5) is 0 Å². The lowest BCUT2D eigenvalue weighted by molar-refractivity contribution is -0.127. The molecule has 0 fully saturated rings. The van der Waals surface area contributed by atoms with E-state index in [0.29, 0.717) is 13.0 Å². The number of amides is 1. The Kier molecular flexibility index (Phi) is 4.68. The number of hydrogen-bond acceptors (Lipinski definition) is 2. The molecule has 0 saturated heterocycles. The van der Waals surface area contributed by atoms with Gasteiger partial charge in [0.05, 0.1) is 11.5 Å². The number of ether oxygens (including phenoxy) is 1. The number of hydrogen-bond donors (Lipinski definition) is 1. The summed E-state index contributed by atoms with van der Waals surface area (Å²) in [6.07, 6.45) is 0.696. The maximum absolute atomic E-state index is 13.2. The first kappa shape index (κ1) is 17.3. The molecule has 0 bridgehead atoms. The van der Waals surface area contributed by atoms with Gasteiger partial charge < -0.3 is 10.1 Å². The summed E-state index contributed by atoms with van der Waals surface area (Å²) in [5.41, 5.74) is 2.60. The third kappa shape index (κ3) is 3.45. The van der Waals surface area contributed by atoms with E-state index in [1.165, 1.54) is 0 Å². The standard InChI is InChI=1S/C24H23NO2/c1-24(20-11-4-2-5-12-20,21-13-6-3-7-14-21)25-23(26)19-16-18-10-8-9-15-22(18)27-17-19/h2-15,19H,16-17H2,1H3,(H,25,26). The number of fused-ring (bicyclic) bond motifs is 1. The Hall–Kier alpha value is -3.07. The second kappa shape index (κ2) is 7.28. The average molecular weight is 357 g/mol. The van der Waals surface area contributed by atoms with Crippen LogP contribution in [0, 0.1) is 5.92 Å². The van der Waals surface area contributed by atoms with Gasteiger partial charge in [-0.2, -0.15) is 0 Å². The van der Waals surface area contributed by atoms with Crippen LogP contribution in [0.1, 0.15) is 23.6 Å². The number of benzene rings is 3. The second-order valence-corrected chi connectivity index (χ2v) is 7.17. The van der Waals surface area contributed by atoms with Crippen molar-refractivity contribution in [3.8, 4) is 5.75 Å². The summed E-state index contributed by atoms with van der Waals surface area (Å²) in [5, 5.41) is 3.31. The first-order valence-electron chi connectivity index (χ1n) is 9.30. The maximum atomic E-state index is 13.2. The van der Waals surface area contributed by atoms with Gasteiger partial charge in [-0.25, -0.2) is 0 Å². The van der Waals surface area contributed by atoms with E-state index >= 15 is 0 Å². The van der Waals surface area contributed by atoms with Crippen molar-refractivity contribution in [3.05, 3.63) is 102 Å². The Morgan fingerprint density at radius 2 is 1.44 bits per heavy atom. The SMILES string of the molecule is CC(NC(=O)C1COc2ccccc2C1)(c1ccccc1)c1ccccc1. The molecule has 0 aromatic heterocycles. The van der Waals surface area contributed by atoms with E-state index in [9.17, 15) is 4.79 Å². The summed E-state index contributed by atoms with van der Waals surface area (Å²) in [7, 11) is 0. The molecule has 0 aliphatic carbocycles. The Balaban J connectivity index is 1.62. The van der Waals surface area contributed by atoms with E-state index in [0.717, 1.165) is 22.4 Å². The van der Waals surface area contributed by atoms with Crippen LogP contribution in [0.5, 0.6) is 5.75 Å². The van der Waals surface area contributed by atoms with Gasteiger partial charge in [-0.1, -0.05) is 78.9 Å². The van der Waals surface area contributed by atoms with E-state index < -0.39 is 5.54 Å². The molecule has 1 heterocycles. The number of carbonyl (C=O) groups is 1. The fourth-order valence-electron chi connectivity index (χ4n) is 3.70. The molecule has 27 heavy (non-hydrogen) atoms. The summed E-state index contributed by atoms with van der Waals surface area (Å²) in [5.74, 6) is 0.696. The molecule has 1 amide bonds. The summed E-state index contributed by atoms with van der Waals surface area (Å²) >= 11 is 0. The molecular formula is C24H23NO2. The molecule has 3 aromatic carbocycles. The molecule has 4 rings (SSSR count). The third-order valence-electron chi connectivity index (χ3n) is 5.33. The van der Waals surface area contributed by atoms with Crippen molar-refractivity contribution in [1.29, 1.82) is 0 Å². The zero-order valence-corrected chi connectivity index (χ0v) is 15.4. The normalized spacial score (nSPS) is 16.1. The Bertz CT molecular complexity index is 882. The molecule has 3 heteroatoms. The van der Waals surface area contributed by atoms with Crippen LogP contribution in [0.15, 0.2) is 84.9 Å². The number of carbonyl (C=O) groups excluding carboxylic acids is 1. The van der Waals surface area contributed by atoms with Crippen LogP contribution >= 0.6 is 0 Å². The molecule has 0 spiro atoms. The van der Waals surface area contributed by atoms with E-state index in [4.69, 9.17) is 4.74 Å². The third-order valence-corrected chi connectivity index (χ3v) is 5.33. The van der Waals surface area contributed by atoms with Gasteiger partial charge in [0.15, 0.2) is 0 Å². The molecule has 1 atom stereocenters. The maximum Gasteiger partial charge on any atom is 0.227 e. The van der Waals surface area contributed by atoms with Crippen molar-refractivity contribution in [2.75, 3.05) is 6.61 Å².